The first-order chi connectivity index (χ1) is 12.9. The number of sulfonamides is 1. The van der Waals surface area contributed by atoms with Crippen molar-refractivity contribution in [2.45, 2.75) is 37.6 Å². The van der Waals surface area contributed by atoms with Gasteiger partial charge in [-0.1, -0.05) is 17.7 Å². The molecule has 0 saturated carbocycles. The number of hydrogen-bond acceptors (Lipinski definition) is 3. The maximum atomic E-state index is 13.5. The zero-order valence-electron chi connectivity index (χ0n) is 15.4. The van der Waals surface area contributed by atoms with E-state index in [4.69, 9.17) is 0 Å². The molecule has 2 aromatic carbocycles. The van der Waals surface area contributed by atoms with E-state index >= 15 is 0 Å². The predicted octanol–water partition coefficient (Wildman–Crippen LogP) is 3.82. The normalized spacial score (nSPS) is 16.9. The topological polar surface area (TPSA) is 55.2 Å². The van der Waals surface area contributed by atoms with Crippen LogP contribution < -0.4 is 0 Å². The first kappa shape index (κ1) is 18.1. The predicted molar refractivity (Wildman–Crippen MR) is 103 cm³/mol. The van der Waals surface area contributed by atoms with Crippen LogP contribution in [0.3, 0.4) is 0 Å². The molecule has 0 N–H and O–H groups in total. The van der Waals surface area contributed by atoms with E-state index in [2.05, 4.69) is 9.55 Å². The Bertz CT molecular complexity index is 1080. The summed E-state index contributed by atoms with van der Waals surface area (Å²) in [5.41, 5.74) is 2.57. The molecule has 5 nitrogen and oxygen atoms in total. The average Bonchev–Trinajstić information content (AvgIpc) is 2.97. The standard InChI is InChI=1S/C20H22FN3O2S/c1-14-3-6-18(7-4-14)27(25,26)23-11-9-17(10-12-23)24-15(2)22-19-13-16(21)5-8-20(19)24/h3-8,13,17H,9-12H2,1-2H3. The van der Waals surface area contributed by atoms with Crippen LogP contribution in [0.2, 0.25) is 0 Å². The second-order valence-corrected chi connectivity index (χ2v) is 9.05. The van der Waals surface area contributed by atoms with E-state index in [1.54, 1.807) is 22.5 Å². The largest absolute Gasteiger partial charge is 0.325 e. The Morgan fingerprint density at radius 2 is 1.70 bits per heavy atom. The first-order valence-corrected chi connectivity index (χ1v) is 10.5. The van der Waals surface area contributed by atoms with Crippen molar-refractivity contribution < 1.29 is 12.8 Å². The average molecular weight is 387 g/mol. The Hall–Kier alpha value is -2.25. The fourth-order valence-electron chi connectivity index (χ4n) is 3.85. The molecule has 1 aromatic heterocycles. The van der Waals surface area contributed by atoms with Gasteiger partial charge in [-0.3, -0.25) is 0 Å². The zero-order valence-corrected chi connectivity index (χ0v) is 16.2. The summed E-state index contributed by atoms with van der Waals surface area (Å²) in [6.45, 7) is 4.77. The molecule has 27 heavy (non-hydrogen) atoms. The summed E-state index contributed by atoms with van der Waals surface area (Å²) in [6.07, 6.45) is 1.41. The number of aryl methyl sites for hydroxylation is 2. The lowest BCUT2D eigenvalue weighted by molar-refractivity contribution is 0.275. The van der Waals surface area contributed by atoms with Gasteiger partial charge in [0.25, 0.3) is 0 Å². The van der Waals surface area contributed by atoms with Crippen LogP contribution in [0.15, 0.2) is 47.4 Å². The van der Waals surface area contributed by atoms with Crippen molar-refractivity contribution in [3.63, 3.8) is 0 Å². The molecule has 1 fully saturated rings. The summed E-state index contributed by atoms with van der Waals surface area (Å²) in [6, 6.07) is 11.8. The Morgan fingerprint density at radius 3 is 2.37 bits per heavy atom. The molecule has 0 radical (unpaired) electrons. The van der Waals surface area contributed by atoms with Crippen molar-refractivity contribution in [2.75, 3.05) is 13.1 Å². The minimum atomic E-state index is -3.47. The molecule has 0 atom stereocenters. The van der Waals surface area contributed by atoms with Crippen LogP contribution >= 0.6 is 0 Å². The van der Waals surface area contributed by atoms with Crippen molar-refractivity contribution in [3.05, 3.63) is 59.7 Å². The zero-order chi connectivity index (χ0) is 19.2. The van der Waals surface area contributed by atoms with E-state index in [9.17, 15) is 12.8 Å². The van der Waals surface area contributed by atoms with Crippen LogP contribution in [0.25, 0.3) is 11.0 Å². The number of fused-ring (bicyclic) bond motifs is 1. The molecule has 0 unspecified atom stereocenters. The molecule has 1 aliphatic rings. The van der Waals surface area contributed by atoms with Gasteiger partial charge in [-0.25, -0.2) is 17.8 Å². The fraction of sp³-hybridized carbons (Fsp3) is 0.350. The van der Waals surface area contributed by atoms with E-state index in [0.717, 1.165) is 16.9 Å². The van der Waals surface area contributed by atoms with Gasteiger partial charge in [-0.2, -0.15) is 4.31 Å². The minimum Gasteiger partial charge on any atom is -0.325 e. The molecule has 4 rings (SSSR count). The minimum absolute atomic E-state index is 0.157. The van der Waals surface area contributed by atoms with Crippen LogP contribution in [0, 0.1) is 19.7 Å². The number of hydrogen-bond donors (Lipinski definition) is 0. The van der Waals surface area contributed by atoms with Gasteiger partial charge < -0.3 is 4.57 Å². The van der Waals surface area contributed by atoms with Gasteiger partial charge in [0.05, 0.1) is 15.9 Å². The van der Waals surface area contributed by atoms with Gasteiger partial charge in [-0.15, -0.1) is 0 Å². The van der Waals surface area contributed by atoms with Gasteiger partial charge in [-0.05, 0) is 51.0 Å². The van der Waals surface area contributed by atoms with Crippen molar-refractivity contribution in [3.8, 4) is 0 Å². The molecule has 1 saturated heterocycles. The Labute approximate surface area is 158 Å². The molecule has 2 heterocycles. The van der Waals surface area contributed by atoms with Crippen molar-refractivity contribution in [1.82, 2.24) is 13.9 Å². The Morgan fingerprint density at radius 1 is 1.04 bits per heavy atom. The lowest BCUT2D eigenvalue weighted by Gasteiger charge is -2.32. The number of imidazole rings is 1. The number of rotatable bonds is 3. The third-order valence-corrected chi connectivity index (χ3v) is 7.19. The van der Waals surface area contributed by atoms with E-state index in [1.807, 2.05) is 26.0 Å². The van der Waals surface area contributed by atoms with E-state index in [1.165, 1.54) is 12.1 Å². The third-order valence-electron chi connectivity index (χ3n) is 5.28. The summed E-state index contributed by atoms with van der Waals surface area (Å²) >= 11 is 0. The highest BCUT2D eigenvalue weighted by molar-refractivity contribution is 7.89. The molecule has 3 aromatic rings. The molecule has 1 aliphatic heterocycles. The number of aromatic nitrogens is 2. The molecule has 7 heteroatoms. The van der Waals surface area contributed by atoms with Gasteiger partial charge in [0.1, 0.15) is 11.6 Å². The Kier molecular flexibility index (Phi) is 4.52. The second kappa shape index (κ2) is 6.73. The second-order valence-electron chi connectivity index (χ2n) is 7.11. The van der Waals surface area contributed by atoms with E-state index in [-0.39, 0.29) is 11.9 Å². The van der Waals surface area contributed by atoms with Crippen LogP contribution in [0.1, 0.15) is 30.3 Å². The van der Waals surface area contributed by atoms with E-state index in [0.29, 0.717) is 36.3 Å². The SMILES string of the molecule is Cc1ccc(S(=O)(=O)N2CCC(n3c(C)nc4cc(F)ccc43)CC2)cc1. The lowest BCUT2D eigenvalue weighted by Crippen LogP contribution is -2.39. The van der Waals surface area contributed by atoms with Crippen LogP contribution in [-0.4, -0.2) is 35.4 Å². The third kappa shape index (κ3) is 3.26. The molecular formula is C20H22FN3O2S. The summed E-state index contributed by atoms with van der Waals surface area (Å²) < 4.78 is 42.9. The quantitative estimate of drug-likeness (QED) is 0.687. The number of benzene rings is 2. The highest BCUT2D eigenvalue weighted by atomic mass is 32.2. The number of piperidine rings is 1. The fourth-order valence-corrected chi connectivity index (χ4v) is 5.32. The highest BCUT2D eigenvalue weighted by Crippen LogP contribution is 2.31. The summed E-state index contributed by atoms with van der Waals surface area (Å²) in [5, 5.41) is 0. The maximum Gasteiger partial charge on any atom is 0.243 e. The molecule has 0 spiro atoms. The lowest BCUT2D eigenvalue weighted by atomic mass is 10.1. The smallest absolute Gasteiger partial charge is 0.243 e. The Balaban J connectivity index is 1.56. The van der Waals surface area contributed by atoms with Crippen molar-refractivity contribution in [1.29, 1.82) is 0 Å². The summed E-state index contributed by atoms with van der Waals surface area (Å²) in [7, 11) is -3.47. The van der Waals surface area contributed by atoms with Crippen molar-refractivity contribution in [2.24, 2.45) is 0 Å². The molecule has 0 amide bonds. The summed E-state index contributed by atoms with van der Waals surface area (Å²) in [4.78, 5) is 4.80. The molecule has 0 bridgehead atoms. The van der Waals surface area contributed by atoms with Gasteiger partial charge in [0.15, 0.2) is 0 Å². The van der Waals surface area contributed by atoms with Gasteiger partial charge >= 0.3 is 0 Å². The van der Waals surface area contributed by atoms with Gasteiger partial charge in [0.2, 0.25) is 10.0 Å². The summed E-state index contributed by atoms with van der Waals surface area (Å²) in [5.74, 6) is 0.529. The van der Waals surface area contributed by atoms with Crippen LogP contribution in [-0.2, 0) is 10.0 Å². The van der Waals surface area contributed by atoms with Gasteiger partial charge in [0, 0.05) is 25.2 Å². The van der Waals surface area contributed by atoms with Crippen molar-refractivity contribution >= 4 is 21.1 Å². The highest BCUT2D eigenvalue weighted by Gasteiger charge is 2.31. The molecule has 142 valence electrons. The van der Waals surface area contributed by atoms with Crippen LogP contribution in [0.4, 0.5) is 4.39 Å². The van der Waals surface area contributed by atoms with E-state index < -0.39 is 10.0 Å². The molecular weight excluding hydrogens is 365 g/mol. The van der Waals surface area contributed by atoms with Crippen LogP contribution in [0.5, 0.6) is 0 Å². The first-order valence-electron chi connectivity index (χ1n) is 9.07. The monoisotopic (exact) mass is 387 g/mol. The number of halogens is 1. The number of nitrogens with zero attached hydrogens (tertiary/aromatic N) is 3. The maximum absolute atomic E-state index is 13.5. The molecule has 0 aliphatic carbocycles.